The highest BCUT2D eigenvalue weighted by molar-refractivity contribution is 6.08. The number of hydrogen-bond donors (Lipinski definition) is 0. The van der Waals surface area contributed by atoms with E-state index in [4.69, 9.17) is 4.42 Å². The minimum atomic E-state index is -0.744. The Hall–Kier alpha value is -2.31. The average Bonchev–Trinajstić information content (AvgIpc) is 3.08. The van der Waals surface area contributed by atoms with Crippen molar-refractivity contribution >= 4 is 17.8 Å². The molecule has 3 rings (SSSR count). The van der Waals surface area contributed by atoms with Crippen LogP contribution in [-0.2, 0) is 16.1 Å². The first-order valence-electron chi connectivity index (χ1n) is 8.74. The smallest absolute Gasteiger partial charge is 0.327 e. The van der Waals surface area contributed by atoms with Crippen molar-refractivity contribution in [3.05, 3.63) is 23.7 Å². The molecular formula is C18H25N3O4. The lowest BCUT2D eigenvalue weighted by molar-refractivity contribution is -0.140. The maximum atomic E-state index is 12.9. The van der Waals surface area contributed by atoms with E-state index in [1.807, 2.05) is 19.1 Å². The van der Waals surface area contributed by atoms with Crippen LogP contribution in [0.4, 0.5) is 4.79 Å². The van der Waals surface area contributed by atoms with Gasteiger partial charge in [0, 0.05) is 14.1 Å². The molecule has 7 nitrogen and oxygen atoms in total. The van der Waals surface area contributed by atoms with Gasteiger partial charge in [-0.25, -0.2) is 4.79 Å². The summed E-state index contributed by atoms with van der Waals surface area (Å²) in [6, 6.07) is 3.28. The molecule has 25 heavy (non-hydrogen) atoms. The topological polar surface area (TPSA) is 74.1 Å². The van der Waals surface area contributed by atoms with Gasteiger partial charge in [0.1, 0.15) is 23.6 Å². The molecular weight excluding hydrogens is 322 g/mol. The number of amides is 4. The average molecular weight is 347 g/mol. The van der Waals surface area contributed by atoms with Crippen molar-refractivity contribution < 1.29 is 18.8 Å². The first kappa shape index (κ1) is 17.5. The van der Waals surface area contributed by atoms with Gasteiger partial charge in [0.25, 0.3) is 5.91 Å². The monoisotopic (exact) mass is 347 g/mol. The van der Waals surface area contributed by atoms with Crippen molar-refractivity contribution in [1.82, 2.24) is 14.7 Å². The summed E-state index contributed by atoms with van der Waals surface area (Å²) < 4.78 is 5.47. The van der Waals surface area contributed by atoms with E-state index in [-0.39, 0.29) is 24.4 Å². The molecule has 1 aromatic heterocycles. The Labute approximate surface area is 147 Å². The van der Waals surface area contributed by atoms with E-state index in [9.17, 15) is 14.4 Å². The molecule has 1 saturated heterocycles. The third kappa shape index (κ3) is 3.03. The van der Waals surface area contributed by atoms with E-state index >= 15 is 0 Å². The molecule has 0 radical (unpaired) electrons. The fourth-order valence-electron chi connectivity index (χ4n) is 3.82. The number of furan rings is 1. The first-order valence-corrected chi connectivity index (χ1v) is 8.74. The molecule has 7 heteroatoms. The molecule has 1 aliphatic carbocycles. The molecule has 0 unspecified atom stereocenters. The molecule has 0 atom stereocenters. The second-order valence-electron chi connectivity index (χ2n) is 7.09. The van der Waals surface area contributed by atoms with Crippen LogP contribution in [0.25, 0.3) is 0 Å². The van der Waals surface area contributed by atoms with Gasteiger partial charge in [-0.05, 0) is 31.9 Å². The first-order chi connectivity index (χ1) is 11.8. The Morgan fingerprint density at radius 1 is 1.24 bits per heavy atom. The van der Waals surface area contributed by atoms with Gasteiger partial charge in [0.2, 0.25) is 5.91 Å². The zero-order valence-electron chi connectivity index (χ0n) is 15.1. The lowest BCUT2D eigenvalue weighted by atomic mass is 9.81. The minimum absolute atomic E-state index is 0.222. The quantitative estimate of drug-likeness (QED) is 0.782. The normalized spacial score (nSPS) is 19.8. The van der Waals surface area contributed by atoms with Crippen LogP contribution in [0.3, 0.4) is 0 Å². The Balaban J connectivity index is 1.68. The maximum absolute atomic E-state index is 12.9. The van der Waals surface area contributed by atoms with Crippen molar-refractivity contribution in [3.8, 4) is 0 Å². The fraction of sp³-hybridized carbons (Fsp3) is 0.611. The molecule has 0 N–H and O–H groups in total. The van der Waals surface area contributed by atoms with E-state index in [1.54, 1.807) is 14.1 Å². The Morgan fingerprint density at radius 2 is 1.92 bits per heavy atom. The summed E-state index contributed by atoms with van der Waals surface area (Å²) in [5.41, 5.74) is -0.744. The van der Waals surface area contributed by atoms with Crippen molar-refractivity contribution in [1.29, 1.82) is 0 Å². The Morgan fingerprint density at radius 3 is 2.52 bits per heavy atom. The van der Waals surface area contributed by atoms with Crippen molar-refractivity contribution in [3.63, 3.8) is 0 Å². The van der Waals surface area contributed by atoms with E-state index in [0.29, 0.717) is 25.1 Å². The van der Waals surface area contributed by atoms with Crippen LogP contribution in [0.1, 0.15) is 43.6 Å². The van der Waals surface area contributed by atoms with E-state index in [0.717, 1.165) is 29.9 Å². The highest BCUT2D eigenvalue weighted by Crippen LogP contribution is 2.39. The number of likely N-dealkylation sites (N-methyl/N-ethyl adjacent to an activating group) is 2. The largest absolute Gasteiger partial charge is 0.464 e. The number of carbonyl (C=O) groups excluding carboxylic acids is 3. The van der Waals surface area contributed by atoms with Gasteiger partial charge in [-0.2, -0.15) is 0 Å². The molecule has 1 aliphatic heterocycles. The molecule has 1 aromatic rings. The van der Waals surface area contributed by atoms with Gasteiger partial charge >= 0.3 is 6.03 Å². The highest BCUT2D eigenvalue weighted by Gasteiger charge is 2.55. The van der Waals surface area contributed by atoms with Crippen LogP contribution in [0, 0.1) is 6.92 Å². The summed E-state index contributed by atoms with van der Waals surface area (Å²) in [6.45, 7) is 1.93. The van der Waals surface area contributed by atoms with E-state index in [1.165, 1.54) is 9.80 Å². The molecule has 4 amide bonds. The van der Waals surface area contributed by atoms with Crippen LogP contribution >= 0.6 is 0 Å². The number of imide groups is 1. The number of nitrogens with zero attached hydrogens (tertiary/aromatic N) is 3. The van der Waals surface area contributed by atoms with Crippen molar-refractivity contribution in [2.75, 3.05) is 20.6 Å². The summed E-state index contributed by atoms with van der Waals surface area (Å²) in [4.78, 5) is 42.1. The van der Waals surface area contributed by atoms with Gasteiger partial charge in [-0.1, -0.05) is 19.3 Å². The molecule has 2 heterocycles. The second kappa shape index (κ2) is 6.54. The van der Waals surface area contributed by atoms with Crippen LogP contribution < -0.4 is 0 Å². The molecule has 1 spiro atoms. The molecule has 0 aromatic carbocycles. The zero-order valence-corrected chi connectivity index (χ0v) is 15.1. The van der Waals surface area contributed by atoms with Gasteiger partial charge in [0.05, 0.1) is 6.54 Å². The third-order valence-corrected chi connectivity index (χ3v) is 5.39. The summed E-state index contributed by atoms with van der Waals surface area (Å²) in [5.74, 6) is 0.946. The van der Waals surface area contributed by atoms with E-state index < -0.39 is 5.54 Å². The van der Waals surface area contributed by atoms with E-state index in [2.05, 4.69) is 0 Å². The molecule has 0 bridgehead atoms. The summed E-state index contributed by atoms with van der Waals surface area (Å²) >= 11 is 0. The highest BCUT2D eigenvalue weighted by atomic mass is 16.3. The number of hydrogen-bond acceptors (Lipinski definition) is 4. The van der Waals surface area contributed by atoms with Gasteiger partial charge < -0.3 is 14.2 Å². The third-order valence-electron chi connectivity index (χ3n) is 5.39. The second-order valence-corrected chi connectivity index (χ2v) is 7.09. The molecule has 136 valence electrons. The molecule has 2 fully saturated rings. The van der Waals surface area contributed by atoms with Crippen LogP contribution in [0.5, 0.6) is 0 Å². The Kier molecular flexibility index (Phi) is 4.58. The lowest BCUT2D eigenvalue weighted by Crippen LogP contribution is -2.49. The minimum Gasteiger partial charge on any atom is -0.464 e. The Bertz CT molecular complexity index is 690. The van der Waals surface area contributed by atoms with Crippen LogP contribution in [0.2, 0.25) is 0 Å². The summed E-state index contributed by atoms with van der Waals surface area (Å²) in [5, 5.41) is 0. The van der Waals surface area contributed by atoms with Gasteiger partial charge in [-0.15, -0.1) is 0 Å². The fourth-order valence-corrected chi connectivity index (χ4v) is 3.82. The van der Waals surface area contributed by atoms with Crippen molar-refractivity contribution in [2.24, 2.45) is 0 Å². The predicted octanol–water partition coefficient (Wildman–Crippen LogP) is 2.14. The number of carbonyl (C=O) groups is 3. The SMILES string of the molecule is Cc1ccc(CN(C)C(=O)CN2C(=O)N(C)C3(CCCCC3)C2=O)o1. The van der Waals surface area contributed by atoms with Crippen LogP contribution in [-0.4, -0.2) is 58.7 Å². The number of urea groups is 1. The van der Waals surface area contributed by atoms with Gasteiger partial charge in [0.15, 0.2) is 0 Å². The maximum Gasteiger partial charge on any atom is 0.327 e. The predicted molar refractivity (Wildman–Crippen MR) is 90.6 cm³/mol. The molecule has 2 aliphatic rings. The molecule has 1 saturated carbocycles. The van der Waals surface area contributed by atoms with Crippen LogP contribution in [0.15, 0.2) is 16.5 Å². The zero-order chi connectivity index (χ0) is 18.2. The van der Waals surface area contributed by atoms with Gasteiger partial charge in [-0.3, -0.25) is 14.5 Å². The number of rotatable bonds is 4. The summed E-state index contributed by atoms with van der Waals surface area (Å²) in [6.07, 6.45) is 4.31. The van der Waals surface area contributed by atoms with Crippen molar-refractivity contribution in [2.45, 2.75) is 51.1 Å². The lowest BCUT2D eigenvalue weighted by Gasteiger charge is -2.35. The number of aryl methyl sites for hydroxylation is 1. The summed E-state index contributed by atoms with van der Waals surface area (Å²) in [7, 11) is 3.32. The standard InChI is InChI=1S/C18H25N3O4/c1-13-7-8-14(25-13)11-19(2)15(22)12-21-16(23)18(20(3)17(21)24)9-5-4-6-10-18/h7-8H,4-6,9-12H2,1-3H3.